The molecule has 0 spiro atoms. The predicted octanol–water partition coefficient (Wildman–Crippen LogP) is 3.52. The Bertz CT molecular complexity index is 521. The zero-order valence-corrected chi connectivity index (χ0v) is 11.7. The number of rotatable bonds is 1. The predicted molar refractivity (Wildman–Crippen MR) is 67.3 cm³/mol. The first kappa shape index (κ1) is 19.0. The molecule has 0 bridgehead atoms. The van der Waals surface area contributed by atoms with E-state index in [1.165, 1.54) is 0 Å². The number of piperazine rings is 1. The Morgan fingerprint density at radius 3 is 2.05 bits per heavy atom. The zero-order valence-electron chi connectivity index (χ0n) is 10.9. The lowest BCUT2D eigenvalue weighted by Gasteiger charge is -2.28. The first-order valence-electron chi connectivity index (χ1n) is 6.02. The molecule has 22 heavy (non-hydrogen) atoms. The van der Waals surface area contributed by atoms with Gasteiger partial charge < -0.3 is 10.6 Å². The summed E-state index contributed by atoms with van der Waals surface area (Å²) in [5.41, 5.74) is -4.04. The van der Waals surface area contributed by atoms with Crippen molar-refractivity contribution in [3.8, 4) is 0 Å². The number of nitrogens with one attached hydrogen (secondary N) is 2. The first-order chi connectivity index (χ1) is 9.60. The molecule has 1 aliphatic heterocycles. The molecule has 2 rings (SSSR count). The maximum atomic E-state index is 13.9. The molecule has 0 aromatic heterocycles. The highest BCUT2D eigenvalue weighted by Crippen LogP contribution is 2.40. The summed E-state index contributed by atoms with van der Waals surface area (Å²) in [4.78, 5) is 0. The zero-order chi connectivity index (χ0) is 15.8. The van der Waals surface area contributed by atoms with Gasteiger partial charge in [-0.3, -0.25) is 0 Å². The van der Waals surface area contributed by atoms with Gasteiger partial charge in [-0.05, 0) is 12.1 Å². The summed E-state index contributed by atoms with van der Waals surface area (Å²) < 4.78 is 90.4. The van der Waals surface area contributed by atoms with Gasteiger partial charge in [-0.2, -0.15) is 26.3 Å². The summed E-state index contributed by atoms with van der Waals surface area (Å²) in [6.07, 6.45) is -10.1. The standard InChI is InChI=1S/C12H11F7N2.ClH/c13-8-4-6(11(14,15)16)3-7(12(17,18)19)10(8)9-5-20-1-2-21-9;/h3-4,9,20-21H,1-2,5H2;1H/t9-;/m1./s1. The van der Waals surface area contributed by atoms with E-state index < -0.39 is 40.9 Å². The quantitative estimate of drug-likeness (QED) is 0.756. The van der Waals surface area contributed by atoms with E-state index in [0.29, 0.717) is 13.1 Å². The van der Waals surface area contributed by atoms with Crippen LogP contribution in [0.2, 0.25) is 0 Å². The van der Waals surface area contributed by atoms with Crippen LogP contribution in [-0.2, 0) is 12.4 Å². The van der Waals surface area contributed by atoms with Crippen molar-refractivity contribution in [3.63, 3.8) is 0 Å². The molecular formula is C12H12ClF7N2. The van der Waals surface area contributed by atoms with E-state index in [1.54, 1.807) is 0 Å². The van der Waals surface area contributed by atoms with Crippen molar-refractivity contribution in [2.45, 2.75) is 18.4 Å². The molecule has 1 aliphatic rings. The molecule has 1 heterocycles. The number of alkyl halides is 6. The Morgan fingerprint density at radius 2 is 1.59 bits per heavy atom. The Morgan fingerprint density at radius 1 is 0.955 bits per heavy atom. The molecule has 2 nitrogen and oxygen atoms in total. The van der Waals surface area contributed by atoms with Gasteiger partial charge in [0.25, 0.3) is 0 Å². The Balaban J connectivity index is 0.00000242. The summed E-state index contributed by atoms with van der Waals surface area (Å²) in [7, 11) is 0. The van der Waals surface area contributed by atoms with E-state index >= 15 is 0 Å². The Labute approximate surface area is 127 Å². The van der Waals surface area contributed by atoms with E-state index in [2.05, 4.69) is 10.6 Å². The largest absolute Gasteiger partial charge is 0.416 e. The van der Waals surface area contributed by atoms with Crippen LogP contribution in [0.1, 0.15) is 22.7 Å². The van der Waals surface area contributed by atoms with Gasteiger partial charge in [-0.25, -0.2) is 4.39 Å². The summed E-state index contributed by atoms with van der Waals surface area (Å²) in [6.45, 7) is 0.786. The smallest absolute Gasteiger partial charge is 0.314 e. The second-order valence-electron chi connectivity index (χ2n) is 4.63. The van der Waals surface area contributed by atoms with Gasteiger partial charge in [0.05, 0.1) is 11.1 Å². The summed E-state index contributed by atoms with van der Waals surface area (Å²) >= 11 is 0. The van der Waals surface area contributed by atoms with Crippen LogP contribution in [0.5, 0.6) is 0 Å². The fourth-order valence-electron chi connectivity index (χ4n) is 2.23. The number of hydrogen-bond donors (Lipinski definition) is 2. The molecule has 2 N–H and O–H groups in total. The molecule has 0 radical (unpaired) electrons. The van der Waals surface area contributed by atoms with E-state index in [9.17, 15) is 30.7 Å². The third-order valence-electron chi connectivity index (χ3n) is 3.15. The van der Waals surface area contributed by atoms with Gasteiger partial charge in [0, 0.05) is 31.2 Å². The van der Waals surface area contributed by atoms with Crippen LogP contribution in [0.25, 0.3) is 0 Å². The molecule has 0 aliphatic carbocycles. The number of halogens is 8. The van der Waals surface area contributed by atoms with Gasteiger partial charge >= 0.3 is 12.4 Å². The van der Waals surface area contributed by atoms with Crippen LogP contribution in [0.15, 0.2) is 12.1 Å². The molecule has 1 atom stereocenters. The highest BCUT2D eigenvalue weighted by Gasteiger charge is 2.41. The molecule has 1 aromatic carbocycles. The Hall–Kier alpha value is -1.06. The topological polar surface area (TPSA) is 24.1 Å². The van der Waals surface area contributed by atoms with Crippen molar-refractivity contribution < 1.29 is 30.7 Å². The van der Waals surface area contributed by atoms with Gasteiger partial charge in [0.1, 0.15) is 5.82 Å². The minimum Gasteiger partial charge on any atom is -0.314 e. The fourth-order valence-corrected chi connectivity index (χ4v) is 2.23. The van der Waals surface area contributed by atoms with Crippen LogP contribution in [-0.4, -0.2) is 19.6 Å². The molecule has 1 fully saturated rings. The van der Waals surface area contributed by atoms with Crippen molar-refractivity contribution in [3.05, 3.63) is 34.6 Å². The van der Waals surface area contributed by atoms with E-state index in [-0.39, 0.29) is 31.1 Å². The van der Waals surface area contributed by atoms with Gasteiger partial charge in [-0.15, -0.1) is 12.4 Å². The highest BCUT2D eigenvalue weighted by atomic mass is 35.5. The molecular weight excluding hydrogens is 341 g/mol. The lowest BCUT2D eigenvalue weighted by Crippen LogP contribution is -2.43. The maximum Gasteiger partial charge on any atom is 0.416 e. The van der Waals surface area contributed by atoms with Crippen molar-refractivity contribution in [2.75, 3.05) is 19.6 Å². The highest BCUT2D eigenvalue weighted by molar-refractivity contribution is 5.85. The van der Waals surface area contributed by atoms with Crippen LogP contribution < -0.4 is 10.6 Å². The maximum absolute atomic E-state index is 13.9. The molecule has 10 heteroatoms. The van der Waals surface area contributed by atoms with Crippen LogP contribution in [0.4, 0.5) is 30.7 Å². The average Bonchev–Trinajstić information content (AvgIpc) is 2.36. The number of hydrogen-bond acceptors (Lipinski definition) is 2. The normalized spacial score (nSPS) is 19.7. The number of benzene rings is 1. The SMILES string of the molecule is Cl.Fc1cc(C(F)(F)F)cc(C(F)(F)F)c1[C@H]1CNCCN1. The van der Waals surface area contributed by atoms with Crippen LogP contribution >= 0.6 is 12.4 Å². The molecule has 0 amide bonds. The second kappa shape index (κ2) is 6.59. The summed E-state index contributed by atoms with van der Waals surface area (Å²) in [6, 6.07) is -0.979. The minimum absolute atomic E-state index is 0. The average molecular weight is 353 g/mol. The lowest BCUT2D eigenvalue weighted by atomic mass is 9.95. The summed E-state index contributed by atoms with van der Waals surface area (Å²) in [5, 5.41) is 5.43. The molecule has 0 unspecified atom stereocenters. The van der Waals surface area contributed by atoms with Crippen molar-refractivity contribution >= 4 is 12.4 Å². The molecule has 0 saturated carbocycles. The molecule has 1 aromatic rings. The summed E-state index contributed by atoms with van der Waals surface area (Å²) in [5.74, 6) is -1.52. The monoisotopic (exact) mass is 352 g/mol. The van der Waals surface area contributed by atoms with Crippen molar-refractivity contribution in [1.29, 1.82) is 0 Å². The van der Waals surface area contributed by atoms with Crippen LogP contribution in [0.3, 0.4) is 0 Å². The third kappa shape index (κ3) is 4.02. The van der Waals surface area contributed by atoms with Gasteiger partial charge in [-0.1, -0.05) is 0 Å². The minimum atomic E-state index is -5.07. The molecule has 1 saturated heterocycles. The van der Waals surface area contributed by atoms with E-state index in [0.717, 1.165) is 0 Å². The van der Waals surface area contributed by atoms with Gasteiger partial charge in [0.2, 0.25) is 0 Å². The van der Waals surface area contributed by atoms with E-state index in [4.69, 9.17) is 0 Å². The second-order valence-corrected chi connectivity index (χ2v) is 4.63. The van der Waals surface area contributed by atoms with Crippen molar-refractivity contribution in [2.24, 2.45) is 0 Å². The fraction of sp³-hybridized carbons (Fsp3) is 0.500. The van der Waals surface area contributed by atoms with Crippen molar-refractivity contribution in [1.82, 2.24) is 10.6 Å². The third-order valence-corrected chi connectivity index (χ3v) is 3.15. The van der Waals surface area contributed by atoms with Crippen LogP contribution in [0, 0.1) is 5.82 Å². The lowest BCUT2D eigenvalue weighted by molar-refractivity contribution is -0.144. The first-order valence-corrected chi connectivity index (χ1v) is 6.02. The van der Waals surface area contributed by atoms with E-state index in [1.807, 2.05) is 0 Å². The van der Waals surface area contributed by atoms with Gasteiger partial charge in [0.15, 0.2) is 0 Å². The Kier molecular flexibility index (Phi) is 5.69. The molecule has 126 valence electrons.